The summed E-state index contributed by atoms with van der Waals surface area (Å²) in [4.78, 5) is 4.60. The summed E-state index contributed by atoms with van der Waals surface area (Å²) in [5.41, 5.74) is 0. The first-order valence-electron chi connectivity index (χ1n) is 7.02. The van der Waals surface area contributed by atoms with E-state index in [1.165, 1.54) is 12.8 Å². The zero-order valence-corrected chi connectivity index (χ0v) is 12.8. The van der Waals surface area contributed by atoms with Gasteiger partial charge in [-0.15, -0.1) is 10.2 Å². The first-order chi connectivity index (χ1) is 9.24. The van der Waals surface area contributed by atoms with E-state index in [1.807, 2.05) is 23.4 Å². The minimum atomic E-state index is 0.660. The molecule has 0 spiro atoms. The minimum Gasteiger partial charge on any atom is -0.364 e. The Morgan fingerprint density at radius 1 is 1.47 bits per heavy atom. The predicted molar refractivity (Wildman–Crippen MR) is 80.5 cm³/mol. The summed E-state index contributed by atoms with van der Waals surface area (Å²) in [6.45, 7) is 6.37. The molecule has 0 saturated carbocycles. The Bertz CT molecular complexity index is 424. The second-order valence-electron chi connectivity index (χ2n) is 4.91. The number of nitrogens with one attached hydrogen (secondary N) is 1. The maximum atomic E-state index is 4.60. The van der Waals surface area contributed by atoms with Crippen LogP contribution in [0.5, 0.6) is 0 Å². The highest BCUT2D eigenvalue weighted by molar-refractivity contribution is 8.14. The molecule has 1 unspecified atom stereocenters. The zero-order chi connectivity index (χ0) is 13.7. The van der Waals surface area contributed by atoms with Gasteiger partial charge in [0.15, 0.2) is 5.17 Å². The lowest BCUT2D eigenvalue weighted by atomic mass is 9.99. The number of nitrogens with zero attached hydrogens (tertiary/aromatic N) is 4. The van der Waals surface area contributed by atoms with Crippen LogP contribution in [0.3, 0.4) is 0 Å². The molecule has 1 aliphatic heterocycles. The Morgan fingerprint density at radius 3 is 2.89 bits per heavy atom. The van der Waals surface area contributed by atoms with Gasteiger partial charge in [-0.05, 0) is 5.92 Å². The Balaban J connectivity index is 1.72. The van der Waals surface area contributed by atoms with E-state index in [-0.39, 0.29) is 0 Å². The molecule has 2 heterocycles. The van der Waals surface area contributed by atoms with Gasteiger partial charge in [-0.3, -0.25) is 4.99 Å². The molecule has 1 atom stereocenters. The van der Waals surface area contributed by atoms with Crippen LogP contribution >= 0.6 is 11.8 Å². The second kappa shape index (κ2) is 6.93. The van der Waals surface area contributed by atoms with Crippen LogP contribution in [0.15, 0.2) is 11.3 Å². The molecule has 2 rings (SSSR count). The van der Waals surface area contributed by atoms with Gasteiger partial charge in [-0.2, -0.15) is 0 Å². The van der Waals surface area contributed by atoms with Crippen LogP contribution < -0.4 is 5.32 Å². The Kier molecular flexibility index (Phi) is 5.24. The van der Waals surface area contributed by atoms with E-state index in [9.17, 15) is 0 Å². The van der Waals surface area contributed by atoms with Crippen molar-refractivity contribution >= 4 is 16.9 Å². The third-order valence-electron chi connectivity index (χ3n) is 3.68. The topological polar surface area (TPSA) is 55.1 Å². The highest BCUT2D eigenvalue weighted by Gasteiger charge is 2.25. The third-order valence-corrected chi connectivity index (χ3v) is 5.02. The van der Waals surface area contributed by atoms with E-state index in [1.54, 1.807) is 6.33 Å². The smallest absolute Gasteiger partial charge is 0.156 e. The maximum absolute atomic E-state index is 4.60. The van der Waals surface area contributed by atoms with Crippen molar-refractivity contribution in [2.75, 3.05) is 13.1 Å². The van der Waals surface area contributed by atoms with E-state index in [2.05, 4.69) is 34.4 Å². The Labute approximate surface area is 119 Å². The monoisotopic (exact) mass is 281 g/mol. The summed E-state index contributed by atoms with van der Waals surface area (Å²) in [6.07, 6.45) is 5.11. The number of aryl methyl sites for hydroxylation is 1. The number of aliphatic imine (C=N–C) groups is 1. The molecule has 1 aromatic rings. The van der Waals surface area contributed by atoms with Gasteiger partial charge in [0, 0.05) is 25.3 Å². The molecule has 0 amide bonds. The van der Waals surface area contributed by atoms with Gasteiger partial charge in [-0.25, -0.2) is 0 Å². The third kappa shape index (κ3) is 3.72. The van der Waals surface area contributed by atoms with Crippen LogP contribution in [0.1, 0.15) is 32.5 Å². The second-order valence-corrected chi connectivity index (χ2v) is 6.14. The van der Waals surface area contributed by atoms with Gasteiger partial charge in [-0.1, -0.05) is 38.5 Å². The Hall–Kier alpha value is -1.04. The zero-order valence-electron chi connectivity index (χ0n) is 12.0. The summed E-state index contributed by atoms with van der Waals surface area (Å²) in [6, 6.07) is 0. The van der Waals surface area contributed by atoms with Gasteiger partial charge in [0.25, 0.3) is 0 Å². The predicted octanol–water partition coefficient (Wildman–Crippen LogP) is 1.85. The average Bonchev–Trinajstić information content (AvgIpc) is 3.02. The average molecular weight is 281 g/mol. The first kappa shape index (κ1) is 14.4. The van der Waals surface area contributed by atoms with Gasteiger partial charge in [0.05, 0.1) is 6.54 Å². The molecule has 1 N–H and O–H groups in total. The molecular formula is C13H23N5S. The van der Waals surface area contributed by atoms with Crippen molar-refractivity contribution in [1.29, 1.82) is 0 Å². The van der Waals surface area contributed by atoms with E-state index in [4.69, 9.17) is 0 Å². The molecular weight excluding hydrogens is 258 g/mol. The van der Waals surface area contributed by atoms with Gasteiger partial charge in [0.2, 0.25) is 0 Å². The van der Waals surface area contributed by atoms with Crippen molar-refractivity contribution in [3.05, 3.63) is 12.2 Å². The van der Waals surface area contributed by atoms with E-state index < -0.39 is 0 Å². The molecule has 106 valence electrons. The van der Waals surface area contributed by atoms with Crippen molar-refractivity contribution in [3.8, 4) is 0 Å². The summed E-state index contributed by atoms with van der Waals surface area (Å²) < 4.78 is 1.96. The molecule has 6 heteroatoms. The van der Waals surface area contributed by atoms with Crippen LogP contribution in [0, 0.1) is 5.92 Å². The van der Waals surface area contributed by atoms with Gasteiger partial charge in [0.1, 0.15) is 12.2 Å². The van der Waals surface area contributed by atoms with Crippen LogP contribution in [-0.4, -0.2) is 38.3 Å². The summed E-state index contributed by atoms with van der Waals surface area (Å²) in [5.74, 6) is 1.79. The first-order valence-corrected chi connectivity index (χ1v) is 7.90. The number of thioether (sulfide) groups is 1. The fourth-order valence-electron chi connectivity index (χ4n) is 2.36. The molecule has 0 radical (unpaired) electrons. The largest absolute Gasteiger partial charge is 0.364 e. The Morgan fingerprint density at radius 2 is 2.26 bits per heavy atom. The molecule has 0 bridgehead atoms. The van der Waals surface area contributed by atoms with Crippen LogP contribution in [-0.2, 0) is 13.5 Å². The number of aromatic nitrogens is 3. The molecule has 5 nitrogen and oxygen atoms in total. The molecule has 0 aliphatic carbocycles. The number of amidine groups is 1. The SMILES string of the molecule is CCC(CC)C1CN=C(NCCc2nncn2C)S1. The lowest BCUT2D eigenvalue weighted by molar-refractivity contribution is 0.479. The number of hydrogen-bond donors (Lipinski definition) is 1. The molecule has 0 aromatic carbocycles. The van der Waals surface area contributed by atoms with Crippen molar-refractivity contribution < 1.29 is 0 Å². The van der Waals surface area contributed by atoms with Crippen LogP contribution in [0.2, 0.25) is 0 Å². The van der Waals surface area contributed by atoms with E-state index >= 15 is 0 Å². The fraction of sp³-hybridized carbons (Fsp3) is 0.769. The summed E-state index contributed by atoms with van der Waals surface area (Å²) in [5, 5.41) is 13.1. The normalized spacial score (nSPS) is 18.9. The van der Waals surface area contributed by atoms with Crippen molar-refractivity contribution in [1.82, 2.24) is 20.1 Å². The standard InChI is InChI=1S/C13H23N5S/c1-4-10(5-2)11-8-15-13(19-11)14-7-6-12-17-16-9-18(12)3/h9-11H,4-8H2,1-3H3,(H,14,15). The fourth-order valence-corrected chi connectivity index (χ4v) is 3.71. The van der Waals surface area contributed by atoms with Crippen LogP contribution in [0.4, 0.5) is 0 Å². The van der Waals surface area contributed by atoms with Crippen molar-refractivity contribution in [2.24, 2.45) is 18.0 Å². The number of hydrogen-bond acceptors (Lipinski definition) is 5. The minimum absolute atomic E-state index is 0.660. The molecule has 0 fully saturated rings. The summed E-state index contributed by atoms with van der Waals surface area (Å²) >= 11 is 1.91. The van der Waals surface area contributed by atoms with E-state index in [0.29, 0.717) is 5.25 Å². The van der Waals surface area contributed by atoms with Gasteiger partial charge < -0.3 is 9.88 Å². The van der Waals surface area contributed by atoms with E-state index in [0.717, 1.165) is 36.4 Å². The molecule has 0 saturated heterocycles. The van der Waals surface area contributed by atoms with Crippen LogP contribution in [0.25, 0.3) is 0 Å². The lowest BCUT2D eigenvalue weighted by Gasteiger charge is -2.18. The maximum Gasteiger partial charge on any atom is 0.156 e. The molecule has 19 heavy (non-hydrogen) atoms. The highest BCUT2D eigenvalue weighted by Crippen LogP contribution is 2.30. The molecule has 1 aromatic heterocycles. The van der Waals surface area contributed by atoms with Gasteiger partial charge >= 0.3 is 0 Å². The lowest BCUT2D eigenvalue weighted by Crippen LogP contribution is -2.24. The highest BCUT2D eigenvalue weighted by atomic mass is 32.2. The summed E-state index contributed by atoms with van der Waals surface area (Å²) in [7, 11) is 1.97. The molecule has 1 aliphatic rings. The quantitative estimate of drug-likeness (QED) is 0.864. The van der Waals surface area contributed by atoms with Crippen molar-refractivity contribution in [3.63, 3.8) is 0 Å². The van der Waals surface area contributed by atoms with Crippen molar-refractivity contribution in [2.45, 2.75) is 38.4 Å². The number of rotatable bonds is 6.